The zero-order valence-electron chi connectivity index (χ0n) is 11.5. The molecule has 2 nitrogen and oxygen atoms in total. The predicted molar refractivity (Wildman–Crippen MR) is 83.5 cm³/mol. The Morgan fingerprint density at radius 1 is 1.05 bits per heavy atom. The van der Waals surface area contributed by atoms with Gasteiger partial charge in [0.25, 0.3) is 0 Å². The van der Waals surface area contributed by atoms with Gasteiger partial charge in [-0.1, -0.05) is 59.8 Å². The van der Waals surface area contributed by atoms with Gasteiger partial charge in [0.2, 0.25) is 0 Å². The van der Waals surface area contributed by atoms with Gasteiger partial charge in [0.15, 0.2) is 0 Å². The third-order valence-corrected chi connectivity index (χ3v) is 3.75. The number of benzene rings is 2. The van der Waals surface area contributed by atoms with Gasteiger partial charge in [-0.05, 0) is 30.7 Å². The van der Waals surface area contributed by atoms with Crippen molar-refractivity contribution in [3.8, 4) is 0 Å². The topological polar surface area (TPSA) is 26.3 Å². The van der Waals surface area contributed by atoms with E-state index in [4.69, 9.17) is 4.74 Å². The highest BCUT2D eigenvalue weighted by atomic mass is 32.2. The molecule has 0 atom stereocenters. The summed E-state index contributed by atoms with van der Waals surface area (Å²) >= 11 is 1.41. The maximum Gasteiger partial charge on any atom is 0.344 e. The summed E-state index contributed by atoms with van der Waals surface area (Å²) in [5.41, 5.74) is 2.18. The van der Waals surface area contributed by atoms with E-state index in [0.29, 0.717) is 4.91 Å². The molecule has 2 aromatic carbocycles. The van der Waals surface area contributed by atoms with Crippen LogP contribution in [0.15, 0.2) is 64.4 Å². The molecule has 0 heterocycles. The Labute approximate surface area is 123 Å². The van der Waals surface area contributed by atoms with Gasteiger partial charge in [-0.3, -0.25) is 0 Å². The van der Waals surface area contributed by atoms with Crippen molar-refractivity contribution in [2.45, 2.75) is 11.8 Å². The smallest absolute Gasteiger partial charge is 0.344 e. The van der Waals surface area contributed by atoms with Crippen molar-refractivity contribution in [1.29, 1.82) is 0 Å². The molecule has 0 saturated carbocycles. The Hall–Kier alpha value is -2.00. The summed E-state index contributed by atoms with van der Waals surface area (Å²) < 4.78 is 4.85. The molecular formula is C17H16O2S. The third kappa shape index (κ3) is 4.00. The standard InChI is InChI=1S/C17H16O2S/c1-13-8-10-14(11-9-13)12-16(17(18)19-2)20-15-6-4-3-5-7-15/h3-12H,1-2H3/b16-12-. The largest absolute Gasteiger partial charge is 0.465 e. The minimum absolute atomic E-state index is 0.320. The summed E-state index contributed by atoms with van der Waals surface area (Å²) in [4.78, 5) is 13.5. The summed E-state index contributed by atoms with van der Waals surface area (Å²) in [5.74, 6) is -0.320. The Morgan fingerprint density at radius 2 is 1.70 bits per heavy atom. The van der Waals surface area contributed by atoms with Gasteiger partial charge in [-0.25, -0.2) is 4.79 Å². The normalized spacial score (nSPS) is 11.2. The maximum absolute atomic E-state index is 11.9. The van der Waals surface area contributed by atoms with Crippen LogP contribution in [-0.2, 0) is 9.53 Å². The monoisotopic (exact) mass is 284 g/mol. The Morgan fingerprint density at radius 3 is 2.30 bits per heavy atom. The molecule has 0 saturated heterocycles. The molecule has 0 unspecified atom stereocenters. The van der Waals surface area contributed by atoms with Crippen LogP contribution in [0.1, 0.15) is 11.1 Å². The second-order valence-electron chi connectivity index (χ2n) is 4.33. The van der Waals surface area contributed by atoms with Crippen LogP contribution in [-0.4, -0.2) is 13.1 Å². The molecule has 20 heavy (non-hydrogen) atoms. The number of methoxy groups -OCH3 is 1. The van der Waals surface area contributed by atoms with Gasteiger partial charge < -0.3 is 4.74 Å². The van der Waals surface area contributed by atoms with E-state index in [1.807, 2.05) is 67.6 Å². The highest BCUT2D eigenvalue weighted by molar-refractivity contribution is 8.04. The molecule has 102 valence electrons. The lowest BCUT2D eigenvalue weighted by Crippen LogP contribution is -2.01. The Balaban J connectivity index is 2.28. The molecular weight excluding hydrogens is 268 g/mol. The van der Waals surface area contributed by atoms with Crippen LogP contribution in [0.5, 0.6) is 0 Å². The number of esters is 1. The molecule has 0 fully saturated rings. The number of carbonyl (C=O) groups excluding carboxylic acids is 1. The minimum Gasteiger partial charge on any atom is -0.465 e. The lowest BCUT2D eigenvalue weighted by molar-refractivity contribution is -0.135. The average Bonchev–Trinajstić information content (AvgIpc) is 2.49. The molecule has 2 aromatic rings. The van der Waals surface area contributed by atoms with E-state index in [1.54, 1.807) is 0 Å². The third-order valence-electron chi connectivity index (χ3n) is 2.73. The molecule has 0 aliphatic rings. The van der Waals surface area contributed by atoms with Crippen molar-refractivity contribution >= 4 is 23.8 Å². The van der Waals surface area contributed by atoms with Crippen LogP contribution in [0, 0.1) is 6.92 Å². The fourth-order valence-electron chi connectivity index (χ4n) is 1.66. The van der Waals surface area contributed by atoms with E-state index in [0.717, 1.165) is 10.5 Å². The number of hydrogen-bond acceptors (Lipinski definition) is 3. The summed E-state index contributed by atoms with van der Waals surface area (Å²) in [7, 11) is 1.40. The van der Waals surface area contributed by atoms with Crippen molar-refractivity contribution in [1.82, 2.24) is 0 Å². The van der Waals surface area contributed by atoms with E-state index >= 15 is 0 Å². The molecule has 0 amide bonds. The predicted octanol–water partition coefficient (Wildman–Crippen LogP) is 4.30. The second kappa shape index (κ2) is 6.96. The average molecular weight is 284 g/mol. The van der Waals surface area contributed by atoms with Gasteiger partial charge in [0.05, 0.1) is 12.0 Å². The van der Waals surface area contributed by atoms with Crippen molar-refractivity contribution < 1.29 is 9.53 Å². The molecule has 0 aliphatic heterocycles. The van der Waals surface area contributed by atoms with E-state index in [1.165, 1.54) is 24.4 Å². The molecule has 3 heteroatoms. The molecule has 0 aliphatic carbocycles. The Kier molecular flexibility index (Phi) is 5.02. The summed E-state index contributed by atoms with van der Waals surface area (Å²) in [6, 6.07) is 17.8. The fourth-order valence-corrected chi connectivity index (χ4v) is 2.57. The van der Waals surface area contributed by atoms with Gasteiger partial charge in [-0.2, -0.15) is 0 Å². The Bertz CT molecular complexity index is 601. The molecule has 2 rings (SSSR count). The number of thioether (sulfide) groups is 1. The minimum atomic E-state index is -0.320. The van der Waals surface area contributed by atoms with Gasteiger partial charge in [0, 0.05) is 4.90 Å². The summed E-state index contributed by atoms with van der Waals surface area (Å²) in [5, 5.41) is 0. The van der Waals surface area contributed by atoms with Crippen molar-refractivity contribution in [3.63, 3.8) is 0 Å². The number of carbonyl (C=O) groups is 1. The molecule has 0 spiro atoms. The van der Waals surface area contributed by atoms with Crippen molar-refractivity contribution in [2.24, 2.45) is 0 Å². The summed E-state index contributed by atoms with van der Waals surface area (Å²) in [6.07, 6.45) is 1.85. The van der Waals surface area contributed by atoms with E-state index in [2.05, 4.69) is 0 Å². The first kappa shape index (κ1) is 14.4. The van der Waals surface area contributed by atoms with Crippen LogP contribution >= 0.6 is 11.8 Å². The fraction of sp³-hybridized carbons (Fsp3) is 0.118. The van der Waals surface area contributed by atoms with Gasteiger partial charge >= 0.3 is 5.97 Å². The van der Waals surface area contributed by atoms with E-state index < -0.39 is 0 Å². The zero-order valence-corrected chi connectivity index (χ0v) is 12.3. The lowest BCUT2D eigenvalue weighted by atomic mass is 10.1. The number of ether oxygens (including phenoxy) is 1. The molecule has 0 bridgehead atoms. The zero-order chi connectivity index (χ0) is 14.4. The molecule has 0 aromatic heterocycles. The van der Waals surface area contributed by atoms with Crippen molar-refractivity contribution in [3.05, 3.63) is 70.6 Å². The van der Waals surface area contributed by atoms with E-state index in [-0.39, 0.29) is 5.97 Å². The van der Waals surface area contributed by atoms with Crippen LogP contribution in [0.25, 0.3) is 6.08 Å². The number of hydrogen-bond donors (Lipinski definition) is 0. The first-order chi connectivity index (χ1) is 9.69. The maximum atomic E-state index is 11.9. The highest BCUT2D eigenvalue weighted by Gasteiger charge is 2.11. The number of rotatable bonds is 4. The van der Waals surface area contributed by atoms with Crippen LogP contribution in [0.4, 0.5) is 0 Å². The first-order valence-corrected chi connectivity index (χ1v) is 7.10. The highest BCUT2D eigenvalue weighted by Crippen LogP contribution is 2.28. The quantitative estimate of drug-likeness (QED) is 0.475. The van der Waals surface area contributed by atoms with Crippen molar-refractivity contribution in [2.75, 3.05) is 7.11 Å². The second-order valence-corrected chi connectivity index (χ2v) is 5.44. The first-order valence-electron chi connectivity index (χ1n) is 6.28. The van der Waals surface area contributed by atoms with Crippen LogP contribution in [0.2, 0.25) is 0 Å². The van der Waals surface area contributed by atoms with Crippen LogP contribution < -0.4 is 0 Å². The van der Waals surface area contributed by atoms with E-state index in [9.17, 15) is 4.79 Å². The van der Waals surface area contributed by atoms with Gasteiger partial charge in [0.1, 0.15) is 0 Å². The number of aryl methyl sites for hydroxylation is 1. The summed E-state index contributed by atoms with van der Waals surface area (Å²) in [6.45, 7) is 2.04. The van der Waals surface area contributed by atoms with Crippen LogP contribution in [0.3, 0.4) is 0 Å². The van der Waals surface area contributed by atoms with Gasteiger partial charge in [-0.15, -0.1) is 0 Å². The molecule has 0 radical (unpaired) electrons. The lowest BCUT2D eigenvalue weighted by Gasteiger charge is -2.05. The SMILES string of the molecule is COC(=O)/C(=C/c1ccc(C)cc1)Sc1ccccc1. The molecule has 0 N–H and O–H groups in total.